The number of carbonyl (C=O) groups is 1. The van der Waals surface area contributed by atoms with E-state index in [0.29, 0.717) is 17.8 Å². The van der Waals surface area contributed by atoms with Gasteiger partial charge in [0.15, 0.2) is 5.84 Å². The smallest absolute Gasteiger partial charge is 0.150 e. The van der Waals surface area contributed by atoms with Gasteiger partial charge in [-0.2, -0.15) is 5.10 Å². The van der Waals surface area contributed by atoms with Crippen LogP contribution in [0.1, 0.15) is 79.2 Å². The van der Waals surface area contributed by atoms with Crippen molar-refractivity contribution < 1.29 is 4.79 Å². The Hall–Kier alpha value is -3.68. The summed E-state index contributed by atoms with van der Waals surface area (Å²) < 4.78 is 0. The Morgan fingerprint density at radius 3 is 2.44 bits per heavy atom. The number of hydrazone groups is 1. The number of nitrogens with zero attached hydrogens (tertiary/aromatic N) is 1. The molecule has 2 aromatic rings. The standard InChI is InChI=1S/C32H44N6O/c1-7-35-24(6)22(4)17-27-14-15-28-18-25(20-39)11-16-29(28)32(23(27)5,31(37-33)38-34)19-30(36-8-2)26-12-9-21(3)10-13-26/h9-13,16-18,20,30,35-36H,6-8,14-15,19,33-34H2,1-5H3,(H,37,38)/b22-17+/t30-,32?/m0/s1. The Kier molecular flexibility index (Phi) is 10.3. The van der Waals surface area contributed by atoms with E-state index in [0.717, 1.165) is 60.2 Å². The van der Waals surface area contributed by atoms with E-state index in [-0.39, 0.29) is 6.04 Å². The molecule has 2 aromatic carbocycles. The highest BCUT2D eigenvalue weighted by atomic mass is 16.1. The number of nitrogens with one attached hydrogen (secondary N) is 3. The minimum Gasteiger partial charge on any atom is -0.386 e. The monoisotopic (exact) mass is 528 g/mol. The molecular weight excluding hydrogens is 484 g/mol. The summed E-state index contributed by atoms with van der Waals surface area (Å²) >= 11 is 0. The molecule has 1 aliphatic carbocycles. The minimum absolute atomic E-state index is 0.0182. The summed E-state index contributed by atoms with van der Waals surface area (Å²) in [6, 6.07) is 14.5. The van der Waals surface area contributed by atoms with Crippen LogP contribution in [0.2, 0.25) is 0 Å². The summed E-state index contributed by atoms with van der Waals surface area (Å²) in [4.78, 5) is 11.7. The largest absolute Gasteiger partial charge is 0.386 e. The highest BCUT2D eigenvalue weighted by Gasteiger charge is 2.45. The zero-order valence-corrected chi connectivity index (χ0v) is 24.0. The maximum atomic E-state index is 11.7. The van der Waals surface area contributed by atoms with Crippen molar-refractivity contribution in [2.75, 3.05) is 13.1 Å². The third-order valence-electron chi connectivity index (χ3n) is 7.88. The van der Waals surface area contributed by atoms with Crippen LogP contribution in [0.4, 0.5) is 0 Å². The van der Waals surface area contributed by atoms with Crippen molar-refractivity contribution in [3.05, 3.63) is 105 Å². The predicted molar refractivity (Wildman–Crippen MR) is 162 cm³/mol. The van der Waals surface area contributed by atoms with E-state index in [1.165, 1.54) is 16.7 Å². The molecule has 39 heavy (non-hydrogen) atoms. The molecule has 7 heteroatoms. The van der Waals surface area contributed by atoms with Gasteiger partial charge in [-0.05, 0) is 87.4 Å². The highest BCUT2D eigenvalue weighted by molar-refractivity contribution is 5.97. The molecule has 1 unspecified atom stereocenters. The molecule has 7 N–H and O–H groups in total. The molecule has 0 radical (unpaired) electrons. The molecule has 0 bridgehead atoms. The molecule has 0 aliphatic heterocycles. The van der Waals surface area contributed by atoms with Gasteiger partial charge >= 0.3 is 0 Å². The lowest BCUT2D eigenvalue weighted by atomic mass is 9.66. The van der Waals surface area contributed by atoms with Crippen molar-refractivity contribution in [3.8, 4) is 0 Å². The first-order valence-corrected chi connectivity index (χ1v) is 13.7. The second-order valence-electron chi connectivity index (χ2n) is 10.3. The average molecular weight is 529 g/mol. The van der Waals surface area contributed by atoms with Crippen molar-refractivity contribution in [2.45, 2.75) is 65.3 Å². The van der Waals surface area contributed by atoms with Crippen LogP contribution in [0.3, 0.4) is 0 Å². The maximum Gasteiger partial charge on any atom is 0.150 e. The molecule has 0 heterocycles. The lowest BCUT2D eigenvalue weighted by Gasteiger charge is -2.40. The van der Waals surface area contributed by atoms with Gasteiger partial charge < -0.3 is 21.9 Å². The fraction of sp³-hybridized carbons (Fsp3) is 0.375. The number of aryl methyl sites for hydroxylation is 2. The van der Waals surface area contributed by atoms with Crippen molar-refractivity contribution in [3.63, 3.8) is 0 Å². The van der Waals surface area contributed by atoms with E-state index >= 15 is 0 Å². The molecule has 3 rings (SSSR count). The van der Waals surface area contributed by atoms with Crippen LogP contribution < -0.4 is 27.7 Å². The van der Waals surface area contributed by atoms with Gasteiger partial charge in [0, 0.05) is 23.8 Å². The Morgan fingerprint density at radius 1 is 1.13 bits per heavy atom. The van der Waals surface area contributed by atoms with E-state index < -0.39 is 5.41 Å². The molecule has 7 nitrogen and oxygen atoms in total. The zero-order valence-electron chi connectivity index (χ0n) is 24.0. The minimum atomic E-state index is -0.778. The summed E-state index contributed by atoms with van der Waals surface area (Å²) in [6.45, 7) is 16.3. The quantitative estimate of drug-likeness (QED) is 0.0710. The van der Waals surface area contributed by atoms with Crippen LogP contribution in [0.15, 0.2) is 82.6 Å². The number of aldehydes is 1. The summed E-state index contributed by atoms with van der Waals surface area (Å²) in [7, 11) is 0. The number of nitrogens with two attached hydrogens (primary N) is 2. The number of hydrazine groups is 1. The Morgan fingerprint density at radius 2 is 1.85 bits per heavy atom. The third-order valence-corrected chi connectivity index (χ3v) is 7.88. The number of hydrogen-bond donors (Lipinski definition) is 5. The topological polar surface area (TPSA) is 118 Å². The summed E-state index contributed by atoms with van der Waals surface area (Å²) in [6.07, 6.45) is 5.28. The fourth-order valence-corrected chi connectivity index (χ4v) is 5.72. The van der Waals surface area contributed by atoms with Crippen LogP contribution in [0.5, 0.6) is 0 Å². The van der Waals surface area contributed by atoms with Crippen LogP contribution in [0, 0.1) is 6.92 Å². The van der Waals surface area contributed by atoms with Crippen molar-refractivity contribution in [2.24, 2.45) is 16.8 Å². The van der Waals surface area contributed by atoms with Gasteiger partial charge in [0.2, 0.25) is 0 Å². The van der Waals surface area contributed by atoms with E-state index in [2.05, 4.69) is 92.7 Å². The lowest BCUT2D eigenvalue weighted by Crippen LogP contribution is -2.51. The molecule has 0 saturated carbocycles. The van der Waals surface area contributed by atoms with Gasteiger partial charge in [-0.1, -0.05) is 67.1 Å². The second-order valence-corrected chi connectivity index (χ2v) is 10.3. The molecule has 0 amide bonds. The van der Waals surface area contributed by atoms with Crippen molar-refractivity contribution >= 4 is 12.1 Å². The number of benzene rings is 2. The van der Waals surface area contributed by atoms with Gasteiger partial charge in [0.05, 0.1) is 5.41 Å². The first-order chi connectivity index (χ1) is 18.7. The lowest BCUT2D eigenvalue weighted by molar-refractivity contribution is 0.112. The molecule has 0 saturated heterocycles. The van der Waals surface area contributed by atoms with E-state index in [1.54, 1.807) is 0 Å². The highest BCUT2D eigenvalue weighted by Crippen LogP contribution is 2.47. The zero-order chi connectivity index (χ0) is 28.6. The van der Waals surface area contributed by atoms with Gasteiger partial charge in [0.1, 0.15) is 6.29 Å². The van der Waals surface area contributed by atoms with Gasteiger partial charge in [-0.25, -0.2) is 5.84 Å². The Balaban J connectivity index is 2.36. The van der Waals surface area contributed by atoms with Crippen LogP contribution in [-0.2, 0) is 11.8 Å². The first-order valence-electron chi connectivity index (χ1n) is 13.7. The predicted octanol–water partition coefficient (Wildman–Crippen LogP) is 4.85. The molecular formula is C32H44N6O. The Bertz CT molecular complexity index is 1270. The molecule has 2 atom stereocenters. The summed E-state index contributed by atoms with van der Waals surface area (Å²) in [5.74, 6) is 12.7. The fourth-order valence-electron chi connectivity index (χ4n) is 5.72. The van der Waals surface area contributed by atoms with E-state index in [9.17, 15) is 4.79 Å². The van der Waals surface area contributed by atoms with E-state index in [1.807, 2.05) is 18.2 Å². The van der Waals surface area contributed by atoms with Gasteiger partial charge in [0.25, 0.3) is 0 Å². The van der Waals surface area contributed by atoms with E-state index in [4.69, 9.17) is 11.7 Å². The number of hydrogen-bond acceptors (Lipinski definition) is 6. The molecule has 208 valence electrons. The van der Waals surface area contributed by atoms with Crippen LogP contribution >= 0.6 is 0 Å². The van der Waals surface area contributed by atoms with Crippen LogP contribution in [-0.4, -0.2) is 25.2 Å². The molecule has 0 aromatic heterocycles. The average Bonchev–Trinajstić information content (AvgIpc) is 3.04. The second kappa shape index (κ2) is 13.4. The summed E-state index contributed by atoms with van der Waals surface area (Å²) in [5.41, 5.74) is 11.5. The van der Waals surface area contributed by atoms with Gasteiger partial charge in [-0.3, -0.25) is 4.79 Å². The molecule has 1 aliphatic rings. The molecule has 0 fully saturated rings. The van der Waals surface area contributed by atoms with Crippen molar-refractivity contribution in [1.82, 2.24) is 16.1 Å². The summed E-state index contributed by atoms with van der Waals surface area (Å²) in [5, 5.41) is 11.3. The number of amidine groups is 1. The Labute approximate surface area is 233 Å². The third kappa shape index (κ3) is 6.32. The number of likely N-dealkylation sites (N-methyl/N-ethyl adjacent to an activating group) is 1. The van der Waals surface area contributed by atoms with Crippen LogP contribution in [0.25, 0.3) is 0 Å². The van der Waals surface area contributed by atoms with Gasteiger partial charge in [-0.15, -0.1) is 0 Å². The maximum absolute atomic E-state index is 11.7. The SMILES string of the molecule is C=C(NCC)/C(C)=C/C1=C(C)C(C[C@H](NCC)c2ccc(C)cc2)(/C(=N/N)NN)c2ccc(C=O)cc2CC1. The van der Waals surface area contributed by atoms with Crippen molar-refractivity contribution in [1.29, 1.82) is 0 Å². The number of rotatable bonds is 11. The number of fused-ring (bicyclic) bond motifs is 1. The molecule has 0 spiro atoms. The number of allylic oxidation sites excluding steroid dienone is 3. The number of carbonyl (C=O) groups excluding carboxylic acids is 1. The normalized spacial score (nSPS) is 18.7. The first kappa shape index (κ1) is 29.9.